The summed E-state index contributed by atoms with van der Waals surface area (Å²) in [7, 11) is 1.38. The fourth-order valence-electron chi connectivity index (χ4n) is 3.29. The minimum absolute atomic E-state index is 0.220. The van der Waals surface area contributed by atoms with Crippen LogP contribution >= 0.6 is 0 Å². The van der Waals surface area contributed by atoms with E-state index < -0.39 is 30.5 Å². The van der Waals surface area contributed by atoms with Gasteiger partial charge >= 0.3 is 11.9 Å². The van der Waals surface area contributed by atoms with Crippen LogP contribution in [-0.4, -0.2) is 56.3 Å². The molecule has 2 rings (SSSR count). The highest BCUT2D eigenvalue weighted by Gasteiger charge is 2.46. The molecule has 0 saturated carbocycles. The molecule has 0 spiro atoms. The molecular formula is C22H33NO7. The van der Waals surface area contributed by atoms with Crippen LogP contribution in [-0.2, 0) is 39.9 Å². The second-order valence-corrected chi connectivity index (χ2v) is 7.38. The monoisotopic (exact) mass is 423 g/mol. The van der Waals surface area contributed by atoms with Gasteiger partial charge in [-0.25, -0.2) is 0 Å². The van der Waals surface area contributed by atoms with Crippen molar-refractivity contribution in [2.75, 3.05) is 13.7 Å². The number of esters is 2. The molecule has 1 fully saturated rings. The second kappa shape index (κ2) is 12.6. The van der Waals surface area contributed by atoms with Crippen molar-refractivity contribution in [3.8, 4) is 0 Å². The van der Waals surface area contributed by atoms with Crippen LogP contribution in [0, 0.1) is 0 Å². The number of methoxy groups -OCH3 is 1. The van der Waals surface area contributed by atoms with Crippen LogP contribution in [0.4, 0.5) is 0 Å². The van der Waals surface area contributed by atoms with E-state index in [-0.39, 0.29) is 12.1 Å². The maximum atomic E-state index is 11.7. The summed E-state index contributed by atoms with van der Waals surface area (Å²) in [5.41, 5.74) is 7.30. The van der Waals surface area contributed by atoms with Crippen molar-refractivity contribution in [3.05, 3.63) is 35.9 Å². The normalized spacial score (nSPS) is 26.2. The van der Waals surface area contributed by atoms with Gasteiger partial charge in [0.1, 0.15) is 6.10 Å². The summed E-state index contributed by atoms with van der Waals surface area (Å²) in [6.45, 7) is 3.92. The molecule has 1 aliphatic rings. The summed E-state index contributed by atoms with van der Waals surface area (Å²) in [4.78, 5) is 22.9. The summed E-state index contributed by atoms with van der Waals surface area (Å²) in [6, 6.07) is 9.23. The first-order valence-corrected chi connectivity index (χ1v) is 10.3. The molecule has 0 amide bonds. The molecule has 1 aliphatic heterocycles. The van der Waals surface area contributed by atoms with Crippen molar-refractivity contribution in [3.63, 3.8) is 0 Å². The summed E-state index contributed by atoms with van der Waals surface area (Å²) < 4.78 is 27.9. The third kappa shape index (κ3) is 7.68. The molecule has 168 valence electrons. The van der Waals surface area contributed by atoms with Gasteiger partial charge < -0.3 is 29.4 Å². The van der Waals surface area contributed by atoms with Gasteiger partial charge in [-0.2, -0.15) is 0 Å². The standard InChI is InChI=1S/C22H33NO7/c1-15-19(23)20(28-14-17-10-6-4-7-11-17)21(30-16(2)24)22(29-15)27-13-9-5-8-12-18(25)26-3/h4,6-7,10-11,15,19-22H,5,8-9,12-14,23H2,1-3H3/t15-,19-,20+,21+,22+/m1/s1. The van der Waals surface area contributed by atoms with Crippen molar-refractivity contribution >= 4 is 11.9 Å². The molecule has 0 aromatic heterocycles. The number of ether oxygens (including phenoxy) is 5. The number of carbonyl (C=O) groups excluding carboxylic acids is 2. The van der Waals surface area contributed by atoms with Crippen LogP contribution in [0.5, 0.6) is 0 Å². The molecule has 2 N–H and O–H groups in total. The van der Waals surface area contributed by atoms with Crippen molar-refractivity contribution in [1.29, 1.82) is 0 Å². The molecule has 1 aromatic carbocycles. The molecule has 30 heavy (non-hydrogen) atoms. The molecule has 8 heteroatoms. The van der Waals surface area contributed by atoms with Gasteiger partial charge in [0.15, 0.2) is 12.4 Å². The van der Waals surface area contributed by atoms with Gasteiger partial charge in [0, 0.05) is 20.0 Å². The van der Waals surface area contributed by atoms with E-state index >= 15 is 0 Å². The molecule has 0 aliphatic carbocycles. The van der Waals surface area contributed by atoms with Crippen LogP contribution in [0.1, 0.15) is 45.1 Å². The van der Waals surface area contributed by atoms with Gasteiger partial charge in [0.05, 0.1) is 25.9 Å². The molecular weight excluding hydrogens is 390 g/mol. The zero-order valence-corrected chi connectivity index (χ0v) is 18.0. The Labute approximate surface area is 177 Å². The maximum Gasteiger partial charge on any atom is 0.305 e. The van der Waals surface area contributed by atoms with Gasteiger partial charge in [-0.05, 0) is 25.3 Å². The second-order valence-electron chi connectivity index (χ2n) is 7.38. The Balaban J connectivity index is 1.93. The summed E-state index contributed by atoms with van der Waals surface area (Å²) in [5, 5.41) is 0. The van der Waals surface area contributed by atoms with Gasteiger partial charge in [-0.1, -0.05) is 36.8 Å². The van der Waals surface area contributed by atoms with Crippen LogP contribution < -0.4 is 5.73 Å². The van der Waals surface area contributed by atoms with E-state index in [0.29, 0.717) is 19.6 Å². The van der Waals surface area contributed by atoms with Crippen molar-refractivity contribution < 1.29 is 33.3 Å². The lowest BCUT2D eigenvalue weighted by Gasteiger charge is -2.43. The Bertz CT molecular complexity index is 654. The number of nitrogens with two attached hydrogens (primary N) is 1. The average Bonchev–Trinajstić information content (AvgIpc) is 2.73. The highest BCUT2D eigenvalue weighted by atomic mass is 16.7. The van der Waals surface area contributed by atoms with Gasteiger partial charge in [-0.3, -0.25) is 9.59 Å². The fourth-order valence-corrected chi connectivity index (χ4v) is 3.29. The highest BCUT2D eigenvalue weighted by molar-refractivity contribution is 5.69. The minimum atomic E-state index is -0.773. The summed E-state index contributed by atoms with van der Waals surface area (Å²) in [5.74, 6) is -0.673. The van der Waals surface area contributed by atoms with Crippen LogP contribution in [0.3, 0.4) is 0 Å². The topological polar surface area (TPSA) is 106 Å². The molecule has 8 nitrogen and oxygen atoms in total. The SMILES string of the molecule is COC(=O)CCCCCO[C@H]1O[C@H](C)[C@@H](N)[C@H](OCc2ccccc2)[C@@H]1OC(C)=O. The van der Waals surface area contributed by atoms with E-state index in [0.717, 1.165) is 24.8 Å². The largest absolute Gasteiger partial charge is 0.469 e. The Morgan fingerprint density at radius 1 is 1.07 bits per heavy atom. The predicted molar refractivity (Wildman–Crippen MR) is 109 cm³/mol. The van der Waals surface area contributed by atoms with E-state index in [4.69, 9.17) is 24.7 Å². The molecule has 0 radical (unpaired) electrons. The van der Waals surface area contributed by atoms with Gasteiger partial charge in [0.25, 0.3) is 0 Å². The first kappa shape index (κ1) is 24.3. The lowest BCUT2D eigenvalue weighted by Crippen LogP contribution is -2.62. The molecule has 1 aromatic rings. The number of hydrogen-bond donors (Lipinski definition) is 1. The van der Waals surface area contributed by atoms with Crippen molar-refractivity contribution in [2.45, 2.75) is 76.8 Å². The van der Waals surface area contributed by atoms with Crippen molar-refractivity contribution in [2.24, 2.45) is 5.73 Å². The smallest absolute Gasteiger partial charge is 0.305 e. The van der Waals surface area contributed by atoms with Crippen LogP contribution in [0.15, 0.2) is 30.3 Å². The average molecular weight is 424 g/mol. The predicted octanol–water partition coefficient (Wildman–Crippen LogP) is 2.33. The molecule has 5 atom stereocenters. The molecule has 0 unspecified atom stereocenters. The highest BCUT2D eigenvalue weighted by Crippen LogP contribution is 2.27. The summed E-state index contributed by atoms with van der Waals surface area (Å²) >= 11 is 0. The number of carbonyl (C=O) groups is 2. The zero-order valence-electron chi connectivity index (χ0n) is 18.0. The first-order valence-electron chi connectivity index (χ1n) is 10.3. The van der Waals surface area contributed by atoms with E-state index in [1.165, 1.54) is 14.0 Å². The lowest BCUT2D eigenvalue weighted by atomic mass is 9.97. The Kier molecular flexibility index (Phi) is 10.2. The molecule has 1 heterocycles. The van der Waals surface area contributed by atoms with E-state index in [2.05, 4.69) is 4.74 Å². The minimum Gasteiger partial charge on any atom is -0.469 e. The number of rotatable bonds is 11. The first-order chi connectivity index (χ1) is 14.4. The Morgan fingerprint density at radius 3 is 2.47 bits per heavy atom. The number of benzene rings is 1. The maximum absolute atomic E-state index is 11.7. The van der Waals surface area contributed by atoms with Crippen molar-refractivity contribution in [1.82, 2.24) is 0 Å². The fraction of sp³-hybridized carbons (Fsp3) is 0.636. The van der Waals surface area contributed by atoms with Crippen LogP contribution in [0.25, 0.3) is 0 Å². The number of hydrogen-bond acceptors (Lipinski definition) is 8. The van der Waals surface area contributed by atoms with E-state index in [9.17, 15) is 9.59 Å². The molecule has 0 bridgehead atoms. The quantitative estimate of drug-likeness (QED) is 0.427. The molecule has 1 saturated heterocycles. The number of unbranched alkanes of at least 4 members (excludes halogenated alkanes) is 2. The third-order valence-corrected chi connectivity index (χ3v) is 4.98. The van der Waals surface area contributed by atoms with Gasteiger partial charge in [0.2, 0.25) is 0 Å². The van der Waals surface area contributed by atoms with E-state index in [1.807, 2.05) is 37.3 Å². The van der Waals surface area contributed by atoms with Crippen LogP contribution in [0.2, 0.25) is 0 Å². The zero-order chi connectivity index (χ0) is 21.9. The summed E-state index contributed by atoms with van der Waals surface area (Å²) in [6.07, 6.45) is 0.205. The Hall–Kier alpha value is -2.00. The Morgan fingerprint density at radius 2 is 1.80 bits per heavy atom. The lowest BCUT2D eigenvalue weighted by molar-refractivity contribution is -0.282. The van der Waals surface area contributed by atoms with E-state index in [1.54, 1.807) is 0 Å². The third-order valence-electron chi connectivity index (χ3n) is 4.98. The van der Waals surface area contributed by atoms with Gasteiger partial charge in [-0.15, -0.1) is 0 Å².